The first kappa shape index (κ1) is 9.02. The van der Waals surface area contributed by atoms with Gasteiger partial charge < -0.3 is 0 Å². The molecular weight excluding hydrogens is 137 g/mol. The third-order valence-electron chi connectivity index (χ3n) is 0.997. The van der Waals surface area contributed by atoms with Gasteiger partial charge in [0.2, 0.25) is 5.78 Å². The van der Waals surface area contributed by atoms with Crippen LogP contribution in [-0.2, 0) is 4.57 Å². The van der Waals surface area contributed by atoms with Crippen LogP contribution in [0.25, 0.3) is 0 Å². The molecule has 0 saturated heterocycles. The Kier molecular flexibility index (Phi) is 3.95. The van der Waals surface area contributed by atoms with Gasteiger partial charge in [0.1, 0.15) is 0 Å². The summed E-state index contributed by atoms with van der Waals surface area (Å²) in [5, 5.41) is 0. The molecule has 0 aromatic heterocycles. The van der Waals surface area contributed by atoms with E-state index in [9.17, 15) is 4.57 Å². The van der Waals surface area contributed by atoms with Crippen LogP contribution < -0.4 is 5.73 Å². The van der Waals surface area contributed by atoms with E-state index in [0.29, 0.717) is 12.3 Å². The van der Waals surface area contributed by atoms with Crippen molar-refractivity contribution >= 4 is 8.03 Å². The van der Waals surface area contributed by atoms with Crippen molar-refractivity contribution in [3.05, 3.63) is 0 Å². The zero-order valence-electron chi connectivity index (χ0n) is 5.74. The maximum Gasteiger partial charge on any atom is 0.524 e. The standard InChI is InChI=1S/C5H12NO2P/c1-4(2)3-5(6)9(7)8/h4-5H,3,6H2,1-2H3/p+1/t5-/m1/s1. The Morgan fingerprint density at radius 1 is 1.67 bits per heavy atom. The van der Waals surface area contributed by atoms with Crippen molar-refractivity contribution in [2.45, 2.75) is 26.1 Å². The highest BCUT2D eigenvalue weighted by atomic mass is 31.1. The Labute approximate surface area is 56.1 Å². The normalized spacial score (nSPS) is 15.9. The highest BCUT2D eigenvalue weighted by Crippen LogP contribution is 2.22. The Morgan fingerprint density at radius 2 is 2.11 bits per heavy atom. The van der Waals surface area contributed by atoms with Crippen molar-refractivity contribution in [3.63, 3.8) is 0 Å². The fourth-order valence-electron chi connectivity index (χ4n) is 0.573. The van der Waals surface area contributed by atoms with Crippen LogP contribution in [0.5, 0.6) is 0 Å². The first-order valence-electron chi connectivity index (χ1n) is 2.95. The Balaban J connectivity index is 3.50. The highest BCUT2D eigenvalue weighted by molar-refractivity contribution is 7.38. The molecule has 0 aliphatic carbocycles. The van der Waals surface area contributed by atoms with Gasteiger partial charge in [-0.15, -0.1) is 0 Å². The molecule has 0 saturated carbocycles. The molecule has 0 radical (unpaired) electrons. The third kappa shape index (κ3) is 4.52. The van der Waals surface area contributed by atoms with Crippen LogP contribution in [0.15, 0.2) is 0 Å². The fourth-order valence-corrected chi connectivity index (χ4v) is 1.18. The minimum atomic E-state index is -2.17. The topological polar surface area (TPSA) is 63.3 Å². The van der Waals surface area contributed by atoms with Crippen LogP contribution in [-0.4, -0.2) is 10.7 Å². The number of rotatable bonds is 3. The minimum Gasteiger partial charge on any atom is -0.285 e. The van der Waals surface area contributed by atoms with Gasteiger partial charge in [0.15, 0.2) is 0 Å². The van der Waals surface area contributed by atoms with E-state index in [-0.39, 0.29) is 0 Å². The summed E-state index contributed by atoms with van der Waals surface area (Å²) in [6, 6.07) is 0. The predicted octanol–water partition coefficient (Wildman–Crippen LogP) is 1.05. The summed E-state index contributed by atoms with van der Waals surface area (Å²) in [7, 11) is -2.17. The van der Waals surface area contributed by atoms with Gasteiger partial charge in [0.25, 0.3) is 0 Å². The Morgan fingerprint density at radius 3 is 2.22 bits per heavy atom. The smallest absolute Gasteiger partial charge is 0.285 e. The molecule has 2 atom stereocenters. The molecule has 0 rings (SSSR count). The SMILES string of the molecule is CC(C)C[C@H](N)[P+](=O)O. The molecule has 9 heavy (non-hydrogen) atoms. The zero-order chi connectivity index (χ0) is 7.44. The monoisotopic (exact) mass is 150 g/mol. The largest absolute Gasteiger partial charge is 0.524 e. The van der Waals surface area contributed by atoms with E-state index < -0.39 is 13.8 Å². The summed E-state index contributed by atoms with van der Waals surface area (Å²) in [4.78, 5) is 8.45. The Hall–Kier alpha value is 0.0200. The average Bonchev–Trinajstić information content (AvgIpc) is 1.63. The molecule has 4 heteroatoms. The lowest BCUT2D eigenvalue weighted by atomic mass is 10.1. The van der Waals surface area contributed by atoms with Crippen molar-refractivity contribution in [2.24, 2.45) is 11.7 Å². The summed E-state index contributed by atoms with van der Waals surface area (Å²) in [6.45, 7) is 3.94. The van der Waals surface area contributed by atoms with E-state index in [1.807, 2.05) is 13.8 Å². The molecule has 3 nitrogen and oxygen atoms in total. The lowest BCUT2D eigenvalue weighted by Gasteiger charge is -2.00. The van der Waals surface area contributed by atoms with Gasteiger partial charge in [-0.2, -0.15) is 4.89 Å². The second kappa shape index (κ2) is 3.94. The van der Waals surface area contributed by atoms with Gasteiger partial charge in [-0.25, -0.2) is 0 Å². The molecule has 0 aromatic carbocycles. The highest BCUT2D eigenvalue weighted by Gasteiger charge is 2.24. The molecule has 54 valence electrons. The summed E-state index contributed by atoms with van der Waals surface area (Å²) in [5.41, 5.74) is 5.28. The van der Waals surface area contributed by atoms with Crippen LogP contribution in [0, 0.1) is 5.92 Å². The van der Waals surface area contributed by atoms with E-state index in [0.717, 1.165) is 0 Å². The first-order chi connectivity index (χ1) is 4.04. The maximum absolute atomic E-state index is 10.3. The van der Waals surface area contributed by atoms with Gasteiger partial charge in [0.05, 0.1) is 0 Å². The van der Waals surface area contributed by atoms with Gasteiger partial charge >= 0.3 is 8.03 Å². The van der Waals surface area contributed by atoms with E-state index in [1.54, 1.807) is 0 Å². The molecule has 0 amide bonds. The van der Waals surface area contributed by atoms with Crippen molar-refractivity contribution in [3.8, 4) is 0 Å². The van der Waals surface area contributed by atoms with E-state index in [1.165, 1.54) is 0 Å². The molecule has 1 unspecified atom stereocenters. The summed E-state index contributed by atoms with van der Waals surface area (Å²) >= 11 is 0. The number of nitrogens with two attached hydrogens (primary N) is 1. The minimum absolute atomic E-state index is 0.395. The van der Waals surface area contributed by atoms with Crippen molar-refractivity contribution in [2.75, 3.05) is 0 Å². The van der Waals surface area contributed by atoms with Gasteiger partial charge in [0, 0.05) is 6.42 Å². The zero-order valence-corrected chi connectivity index (χ0v) is 6.64. The van der Waals surface area contributed by atoms with Crippen LogP contribution >= 0.6 is 8.03 Å². The summed E-state index contributed by atoms with van der Waals surface area (Å²) in [6.07, 6.45) is 0.617. The molecular formula is C5H13NO2P+. The van der Waals surface area contributed by atoms with Crippen molar-refractivity contribution in [1.82, 2.24) is 0 Å². The van der Waals surface area contributed by atoms with E-state index in [2.05, 4.69) is 0 Å². The molecule has 0 aliphatic rings. The van der Waals surface area contributed by atoms with E-state index >= 15 is 0 Å². The summed E-state index contributed by atoms with van der Waals surface area (Å²) < 4.78 is 10.3. The maximum atomic E-state index is 10.3. The number of hydrogen-bond acceptors (Lipinski definition) is 2. The fraction of sp³-hybridized carbons (Fsp3) is 1.00. The molecule has 0 fully saturated rings. The molecule has 0 bridgehead atoms. The molecule has 0 heterocycles. The lowest BCUT2D eigenvalue weighted by molar-refractivity contribution is 0.468. The quantitative estimate of drug-likeness (QED) is 0.591. The molecule has 0 spiro atoms. The lowest BCUT2D eigenvalue weighted by Crippen LogP contribution is -2.17. The van der Waals surface area contributed by atoms with Gasteiger partial charge in [-0.3, -0.25) is 5.73 Å². The first-order valence-corrected chi connectivity index (χ1v) is 4.23. The Bertz CT molecular complexity index is 105. The molecule has 0 aliphatic heterocycles. The predicted molar refractivity (Wildman–Crippen MR) is 37.3 cm³/mol. The van der Waals surface area contributed by atoms with Crippen molar-refractivity contribution in [1.29, 1.82) is 0 Å². The third-order valence-corrected chi connectivity index (χ3v) is 1.77. The average molecular weight is 150 g/mol. The molecule has 3 N–H and O–H groups in total. The van der Waals surface area contributed by atoms with Crippen molar-refractivity contribution < 1.29 is 9.46 Å². The second-order valence-electron chi connectivity index (χ2n) is 2.50. The van der Waals surface area contributed by atoms with Gasteiger partial charge in [-0.1, -0.05) is 13.8 Å². The van der Waals surface area contributed by atoms with Gasteiger partial charge in [-0.05, 0) is 10.5 Å². The molecule has 0 aromatic rings. The number of hydrogen-bond donors (Lipinski definition) is 2. The van der Waals surface area contributed by atoms with E-state index in [4.69, 9.17) is 10.6 Å². The van der Waals surface area contributed by atoms with Crippen LogP contribution in [0.4, 0.5) is 0 Å². The van der Waals surface area contributed by atoms with Crippen LogP contribution in [0.3, 0.4) is 0 Å². The van der Waals surface area contributed by atoms with Crippen LogP contribution in [0.1, 0.15) is 20.3 Å². The second-order valence-corrected chi connectivity index (χ2v) is 3.77. The van der Waals surface area contributed by atoms with Crippen LogP contribution in [0.2, 0.25) is 0 Å². The summed E-state index contributed by atoms with van der Waals surface area (Å²) in [5.74, 6) is -0.147.